The Morgan fingerprint density at radius 1 is 1.12 bits per heavy atom. The van der Waals surface area contributed by atoms with E-state index in [0.717, 1.165) is 15.8 Å². The quantitative estimate of drug-likeness (QED) is 0.789. The lowest BCUT2D eigenvalue weighted by Gasteiger charge is -2.06. The summed E-state index contributed by atoms with van der Waals surface area (Å²) in [7, 11) is 0. The largest absolute Gasteiger partial charge is 0.489 e. The Labute approximate surface area is 112 Å². The highest BCUT2D eigenvalue weighted by atomic mass is 79.9. The van der Waals surface area contributed by atoms with Gasteiger partial charge in [0.05, 0.1) is 5.02 Å². The van der Waals surface area contributed by atoms with E-state index in [9.17, 15) is 4.39 Å². The molecular weight excluding hydrogens is 306 g/mol. The summed E-state index contributed by atoms with van der Waals surface area (Å²) in [5, 5.41) is 0.113. The molecule has 4 heteroatoms. The maximum atomic E-state index is 12.9. The molecule has 0 atom stereocenters. The first-order chi connectivity index (χ1) is 8.15. The van der Waals surface area contributed by atoms with E-state index >= 15 is 0 Å². The second-order valence-corrected chi connectivity index (χ2v) is 4.81. The standard InChI is InChI=1S/C13H9BrClFO/c14-10-2-4-11(5-3-10)17-8-9-1-6-13(16)12(15)7-9/h1-7H,8H2. The zero-order valence-electron chi connectivity index (χ0n) is 8.79. The fourth-order valence-corrected chi connectivity index (χ4v) is 1.79. The molecule has 0 saturated heterocycles. The third-order valence-corrected chi connectivity index (χ3v) is 3.02. The molecule has 2 rings (SSSR count). The number of ether oxygens (including phenoxy) is 1. The molecule has 0 fully saturated rings. The summed E-state index contributed by atoms with van der Waals surface area (Å²) in [5.74, 6) is 0.340. The Kier molecular flexibility index (Phi) is 4.02. The monoisotopic (exact) mass is 314 g/mol. The molecule has 0 radical (unpaired) electrons. The average Bonchev–Trinajstić information content (AvgIpc) is 2.33. The molecule has 0 heterocycles. The molecule has 1 nitrogen and oxygen atoms in total. The molecule has 88 valence electrons. The topological polar surface area (TPSA) is 9.23 Å². The van der Waals surface area contributed by atoms with Crippen LogP contribution >= 0.6 is 27.5 Å². The van der Waals surface area contributed by atoms with Crippen LogP contribution in [0.15, 0.2) is 46.9 Å². The highest BCUT2D eigenvalue weighted by Crippen LogP contribution is 2.19. The number of halogens is 3. The third-order valence-electron chi connectivity index (χ3n) is 2.20. The molecule has 0 aromatic heterocycles. The third kappa shape index (κ3) is 3.45. The summed E-state index contributed by atoms with van der Waals surface area (Å²) in [6, 6.07) is 12.1. The van der Waals surface area contributed by atoms with Crippen LogP contribution in [0.4, 0.5) is 4.39 Å². The number of hydrogen-bond acceptors (Lipinski definition) is 1. The molecular formula is C13H9BrClFO. The van der Waals surface area contributed by atoms with Crippen molar-refractivity contribution in [3.8, 4) is 5.75 Å². The van der Waals surface area contributed by atoms with Crippen molar-refractivity contribution in [3.05, 3.63) is 63.3 Å². The number of hydrogen-bond donors (Lipinski definition) is 0. The van der Waals surface area contributed by atoms with Crippen LogP contribution < -0.4 is 4.74 Å². The van der Waals surface area contributed by atoms with Gasteiger partial charge in [-0.15, -0.1) is 0 Å². The zero-order valence-corrected chi connectivity index (χ0v) is 11.1. The van der Waals surface area contributed by atoms with Gasteiger partial charge in [0, 0.05) is 4.47 Å². The predicted molar refractivity (Wildman–Crippen MR) is 69.9 cm³/mol. The van der Waals surface area contributed by atoms with E-state index in [1.54, 1.807) is 12.1 Å². The van der Waals surface area contributed by atoms with E-state index in [0.29, 0.717) is 6.61 Å². The van der Waals surface area contributed by atoms with Gasteiger partial charge in [-0.25, -0.2) is 4.39 Å². The van der Waals surface area contributed by atoms with Crippen LogP contribution in [0.2, 0.25) is 5.02 Å². The summed E-state index contributed by atoms with van der Waals surface area (Å²) in [4.78, 5) is 0. The molecule has 17 heavy (non-hydrogen) atoms. The Hall–Kier alpha value is -1.06. The fourth-order valence-electron chi connectivity index (χ4n) is 1.33. The van der Waals surface area contributed by atoms with Crippen LogP contribution in [0.25, 0.3) is 0 Å². The van der Waals surface area contributed by atoms with Crippen molar-refractivity contribution in [1.82, 2.24) is 0 Å². The molecule has 0 N–H and O–H groups in total. The van der Waals surface area contributed by atoms with Crippen molar-refractivity contribution in [2.75, 3.05) is 0 Å². The fraction of sp³-hybridized carbons (Fsp3) is 0.0769. The summed E-state index contributed by atoms with van der Waals surface area (Å²) in [5.41, 5.74) is 0.833. The Balaban J connectivity index is 2.02. The van der Waals surface area contributed by atoms with Crippen LogP contribution in [0.3, 0.4) is 0 Å². The lowest BCUT2D eigenvalue weighted by atomic mass is 10.2. The second kappa shape index (κ2) is 5.52. The van der Waals surface area contributed by atoms with Gasteiger partial charge in [0.15, 0.2) is 0 Å². The predicted octanol–water partition coefficient (Wildman–Crippen LogP) is 4.82. The van der Waals surface area contributed by atoms with Gasteiger partial charge in [0.25, 0.3) is 0 Å². The van der Waals surface area contributed by atoms with E-state index in [4.69, 9.17) is 16.3 Å². The van der Waals surface area contributed by atoms with Crippen molar-refractivity contribution >= 4 is 27.5 Å². The van der Waals surface area contributed by atoms with Crippen LogP contribution in [-0.2, 0) is 6.61 Å². The molecule has 0 aliphatic heterocycles. The van der Waals surface area contributed by atoms with Gasteiger partial charge in [-0.2, -0.15) is 0 Å². The Bertz CT molecular complexity index is 513. The van der Waals surface area contributed by atoms with Crippen LogP contribution in [0, 0.1) is 5.82 Å². The van der Waals surface area contributed by atoms with Crippen molar-refractivity contribution in [2.45, 2.75) is 6.61 Å². The van der Waals surface area contributed by atoms with Crippen molar-refractivity contribution in [1.29, 1.82) is 0 Å². The minimum Gasteiger partial charge on any atom is -0.489 e. The molecule has 0 amide bonds. The highest BCUT2D eigenvalue weighted by Gasteiger charge is 2.01. The molecule has 0 spiro atoms. The summed E-state index contributed by atoms with van der Waals surface area (Å²) in [6.45, 7) is 0.363. The number of rotatable bonds is 3. The van der Waals surface area contributed by atoms with E-state index in [1.165, 1.54) is 6.07 Å². The summed E-state index contributed by atoms with van der Waals surface area (Å²) >= 11 is 9.02. The maximum Gasteiger partial charge on any atom is 0.141 e. The van der Waals surface area contributed by atoms with Crippen molar-refractivity contribution in [3.63, 3.8) is 0 Å². The minimum atomic E-state index is -0.418. The molecule has 0 unspecified atom stereocenters. The zero-order chi connectivity index (χ0) is 12.3. The molecule has 0 saturated carbocycles. The van der Waals surface area contributed by atoms with Crippen LogP contribution in [0.5, 0.6) is 5.75 Å². The van der Waals surface area contributed by atoms with Crippen molar-refractivity contribution < 1.29 is 9.13 Å². The minimum absolute atomic E-state index is 0.113. The first kappa shape index (κ1) is 12.4. The van der Waals surface area contributed by atoms with Gasteiger partial charge >= 0.3 is 0 Å². The van der Waals surface area contributed by atoms with Crippen molar-refractivity contribution in [2.24, 2.45) is 0 Å². The Morgan fingerprint density at radius 2 is 1.82 bits per heavy atom. The first-order valence-electron chi connectivity index (χ1n) is 4.97. The molecule has 2 aromatic rings. The normalized spacial score (nSPS) is 10.3. The van der Waals surface area contributed by atoms with Gasteiger partial charge in [-0.3, -0.25) is 0 Å². The van der Waals surface area contributed by atoms with Gasteiger partial charge in [-0.05, 0) is 42.0 Å². The summed E-state index contributed by atoms with van der Waals surface area (Å²) in [6.07, 6.45) is 0. The summed E-state index contributed by atoms with van der Waals surface area (Å²) < 4.78 is 19.5. The second-order valence-electron chi connectivity index (χ2n) is 3.49. The number of benzene rings is 2. The Morgan fingerprint density at radius 3 is 2.47 bits per heavy atom. The van der Waals surface area contributed by atoms with Crippen LogP contribution in [0.1, 0.15) is 5.56 Å². The van der Waals surface area contributed by atoms with Gasteiger partial charge in [-0.1, -0.05) is 33.6 Å². The average molecular weight is 316 g/mol. The van der Waals surface area contributed by atoms with E-state index in [1.807, 2.05) is 24.3 Å². The SMILES string of the molecule is Fc1ccc(COc2ccc(Br)cc2)cc1Cl. The maximum absolute atomic E-state index is 12.9. The molecule has 0 bridgehead atoms. The van der Waals surface area contributed by atoms with E-state index in [-0.39, 0.29) is 5.02 Å². The van der Waals surface area contributed by atoms with Crippen LogP contribution in [-0.4, -0.2) is 0 Å². The lowest BCUT2D eigenvalue weighted by molar-refractivity contribution is 0.306. The molecule has 0 aliphatic rings. The smallest absolute Gasteiger partial charge is 0.141 e. The molecule has 0 aliphatic carbocycles. The van der Waals surface area contributed by atoms with Gasteiger partial charge < -0.3 is 4.74 Å². The lowest BCUT2D eigenvalue weighted by Crippen LogP contribution is -1.95. The van der Waals surface area contributed by atoms with E-state index in [2.05, 4.69) is 15.9 Å². The van der Waals surface area contributed by atoms with Gasteiger partial charge in [0.1, 0.15) is 18.2 Å². The van der Waals surface area contributed by atoms with E-state index < -0.39 is 5.82 Å². The highest BCUT2D eigenvalue weighted by molar-refractivity contribution is 9.10. The van der Waals surface area contributed by atoms with Gasteiger partial charge in [0.2, 0.25) is 0 Å². The first-order valence-corrected chi connectivity index (χ1v) is 6.14. The molecule has 2 aromatic carbocycles.